The van der Waals surface area contributed by atoms with E-state index in [4.69, 9.17) is 11.6 Å². The van der Waals surface area contributed by atoms with Crippen molar-refractivity contribution in [3.63, 3.8) is 0 Å². The summed E-state index contributed by atoms with van der Waals surface area (Å²) in [6.07, 6.45) is 2.42. The van der Waals surface area contributed by atoms with Crippen molar-refractivity contribution in [2.45, 2.75) is 66.6 Å². The SMILES string of the molecule is CCN(CC)CCCC(C)NCc1c(Cl)c(C)nn1CC. The number of rotatable bonds is 10. The highest BCUT2D eigenvalue weighted by molar-refractivity contribution is 6.31. The molecule has 21 heavy (non-hydrogen) atoms. The van der Waals surface area contributed by atoms with Gasteiger partial charge < -0.3 is 10.2 Å². The second-order valence-corrected chi connectivity index (χ2v) is 5.99. The molecule has 0 saturated carbocycles. The van der Waals surface area contributed by atoms with E-state index in [1.54, 1.807) is 0 Å². The lowest BCUT2D eigenvalue weighted by Crippen LogP contribution is -2.29. The van der Waals surface area contributed by atoms with E-state index >= 15 is 0 Å². The molecule has 0 radical (unpaired) electrons. The molecule has 1 N–H and O–H groups in total. The fourth-order valence-corrected chi connectivity index (χ4v) is 2.77. The van der Waals surface area contributed by atoms with Crippen LogP contribution in [0.2, 0.25) is 5.02 Å². The van der Waals surface area contributed by atoms with Crippen molar-refractivity contribution in [3.8, 4) is 0 Å². The molecule has 1 rings (SSSR count). The van der Waals surface area contributed by atoms with Gasteiger partial charge in [0.15, 0.2) is 0 Å². The molecule has 1 aromatic heterocycles. The minimum absolute atomic E-state index is 0.497. The van der Waals surface area contributed by atoms with Gasteiger partial charge in [-0.05, 0) is 53.2 Å². The summed E-state index contributed by atoms with van der Waals surface area (Å²) in [5, 5.41) is 8.83. The Bertz CT molecular complexity index is 413. The van der Waals surface area contributed by atoms with E-state index in [9.17, 15) is 0 Å². The number of nitrogens with one attached hydrogen (secondary N) is 1. The zero-order valence-electron chi connectivity index (χ0n) is 14.2. The fourth-order valence-electron chi connectivity index (χ4n) is 2.57. The smallest absolute Gasteiger partial charge is 0.0860 e. The molecule has 0 aliphatic heterocycles. The molecule has 0 spiro atoms. The van der Waals surface area contributed by atoms with Crippen LogP contribution < -0.4 is 5.32 Å². The van der Waals surface area contributed by atoms with Gasteiger partial charge in [0.1, 0.15) is 0 Å². The second-order valence-electron chi connectivity index (χ2n) is 5.61. The quantitative estimate of drug-likeness (QED) is 0.718. The van der Waals surface area contributed by atoms with Gasteiger partial charge in [-0.2, -0.15) is 5.10 Å². The largest absolute Gasteiger partial charge is 0.309 e. The molecule has 5 heteroatoms. The molecule has 1 aromatic rings. The molecule has 0 bridgehead atoms. The number of halogens is 1. The zero-order valence-corrected chi connectivity index (χ0v) is 15.0. The van der Waals surface area contributed by atoms with Crippen LogP contribution in [-0.4, -0.2) is 40.4 Å². The first-order valence-electron chi connectivity index (χ1n) is 8.20. The lowest BCUT2D eigenvalue weighted by atomic mass is 10.1. The molecule has 1 unspecified atom stereocenters. The fraction of sp³-hybridized carbons (Fsp3) is 0.812. The molecule has 0 aromatic carbocycles. The number of nitrogens with zero attached hydrogens (tertiary/aromatic N) is 3. The minimum atomic E-state index is 0.497. The third-order valence-corrected chi connectivity index (χ3v) is 4.57. The Kier molecular flexibility index (Phi) is 8.30. The highest BCUT2D eigenvalue weighted by Crippen LogP contribution is 2.20. The van der Waals surface area contributed by atoms with E-state index in [1.165, 1.54) is 19.4 Å². The maximum atomic E-state index is 6.33. The number of aryl methyl sites for hydroxylation is 2. The van der Waals surface area contributed by atoms with Gasteiger partial charge in [0, 0.05) is 19.1 Å². The van der Waals surface area contributed by atoms with E-state index in [0.29, 0.717) is 6.04 Å². The molecule has 0 fully saturated rings. The number of aromatic nitrogens is 2. The lowest BCUT2D eigenvalue weighted by molar-refractivity contribution is 0.290. The first-order chi connectivity index (χ1) is 10.0. The molecular weight excluding hydrogens is 284 g/mol. The highest BCUT2D eigenvalue weighted by atomic mass is 35.5. The average Bonchev–Trinajstić information content (AvgIpc) is 2.76. The van der Waals surface area contributed by atoms with Gasteiger partial charge in [-0.15, -0.1) is 0 Å². The Morgan fingerprint density at radius 2 is 1.95 bits per heavy atom. The highest BCUT2D eigenvalue weighted by Gasteiger charge is 2.13. The summed E-state index contributed by atoms with van der Waals surface area (Å²) in [6.45, 7) is 15.9. The monoisotopic (exact) mass is 314 g/mol. The van der Waals surface area contributed by atoms with Crippen molar-refractivity contribution in [1.29, 1.82) is 0 Å². The molecule has 4 nitrogen and oxygen atoms in total. The third-order valence-electron chi connectivity index (χ3n) is 4.08. The van der Waals surface area contributed by atoms with Crippen LogP contribution in [0.1, 0.15) is 51.9 Å². The standard InChI is InChI=1S/C16H31ClN4/c1-6-20(7-2)11-9-10-13(4)18-12-15-16(17)14(5)19-21(15)8-3/h13,18H,6-12H2,1-5H3. The maximum Gasteiger partial charge on any atom is 0.0860 e. The van der Waals surface area contributed by atoms with Crippen LogP contribution in [0.5, 0.6) is 0 Å². The zero-order chi connectivity index (χ0) is 15.8. The Morgan fingerprint density at radius 1 is 1.29 bits per heavy atom. The maximum absolute atomic E-state index is 6.33. The average molecular weight is 315 g/mol. The Balaban J connectivity index is 2.38. The van der Waals surface area contributed by atoms with Gasteiger partial charge in [-0.25, -0.2) is 0 Å². The topological polar surface area (TPSA) is 33.1 Å². The summed E-state index contributed by atoms with van der Waals surface area (Å²) < 4.78 is 1.99. The lowest BCUT2D eigenvalue weighted by Gasteiger charge is -2.20. The van der Waals surface area contributed by atoms with Crippen LogP contribution >= 0.6 is 11.6 Å². The van der Waals surface area contributed by atoms with Crippen molar-refractivity contribution in [1.82, 2.24) is 20.0 Å². The molecule has 1 heterocycles. The van der Waals surface area contributed by atoms with Crippen LogP contribution in [0.15, 0.2) is 0 Å². The van der Waals surface area contributed by atoms with Gasteiger partial charge in [-0.1, -0.05) is 25.4 Å². The second kappa shape index (κ2) is 9.44. The first kappa shape index (κ1) is 18.5. The van der Waals surface area contributed by atoms with E-state index in [1.807, 2.05) is 11.6 Å². The molecule has 0 aliphatic carbocycles. The van der Waals surface area contributed by atoms with Crippen molar-refractivity contribution < 1.29 is 0 Å². The van der Waals surface area contributed by atoms with E-state index in [-0.39, 0.29) is 0 Å². The van der Waals surface area contributed by atoms with Crippen LogP contribution in [0.3, 0.4) is 0 Å². The Hall–Kier alpha value is -0.580. The summed E-state index contributed by atoms with van der Waals surface area (Å²) in [4.78, 5) is 2.47. The molecule has 0 saturated heterocycles. The number of hydrogen-bond acceptors (Lipinski definition) is 3. The van der Waals surface area contributed by atoms with Crippen LogP contribution in [0.25, 0.3) is 0 Å². The first-order valence-corrected chi connectivity index (χ1v) is 8.58. The van der Waals surface area contributed by atoms with E-state index < -0.39 is 0 Å². The summed E-state index contributed by atoms with van der Waals surface area (Å²) in [6, 6.07) is 0.497. The molecular formula is C16H31ClN4. The van der Waals surface area contributed by atoms with Crippen molar-refractivity contribution in [2.24, 2.45) is 0 Å². The molecule has 0 aliphatic rings. The summed E-state index contributed by atoms with van der Waals surface area (Å²) in [5.74, 6) is 0. The van der Waals surface area contributed by atoms with Gasteiger partial charge >= 0.3 is 0 Å². The molecule has 122 valence electrons. The predicted octanol–water partition coefficient (Wildman–Crippen LogP) is 3.46. The normalized spacial score (nSPS) is 13.1. The predicted molar refractivity (Wildman–Crippen MR) is 91.0 cm³/mol. The van der Waals surface area contributed by atoms with Crippen molar-refractivity contribution in [3.05, 3.63) is 16.4 Å². The van der Waals surface area contributed by atoms with Crippen LogP contribution in [0, 0.1) is 6.92 Å². The summed E-state index contributed by atoms with van der Waals surface area (Å²) in [7, 11) is 0. The van der Waals surface area contributed by atoms with Crippen LogP contribution in [0.4, 0.5) is 0 Å². The van der Waals surface area contributed by atoms with Crippen molar-refractivity contribution >= 4 is 11.6 Å². The molecule has 0 amide bonds. The molecule has 1 atom stereocenters. The number of hydrogen-bond donors (Lipinski definition) is 1. The Labute approximate surface area is 134 Å². The van der Waals surface area contributed by atoms with E-state index in [2.05, 4.69) is 43.0 Å². The van der Waals surface area contributed by atoms with Gasteiger partial charge in [-0.3, -0.25) is 4.68 Å². The third kappa shape index (κ3) is 5.61. The minimum Gasteiger partial charge on any atom is -0.309 e. The van der Waals surface area contributed by atoms with E-state index in [0.717, 1.165) is 42.6 Å². The van der Waals surface area contributed by atoms with Crippen LogP contribution in [-0.2, 0) is 13.1 Å². The Morgan fingerprint density at radius 3 is 2.52 bits per heavy atom. The summed E-state index contributed by atoms with van der Waals surface area (Å²) >= 11 is 6.33. The van der Waals surface area contributed by atoms with Gasteiger partial charge in [0.2, 0.25) is 0 Å². The van der Waals surface area contributed by atoms with Gasteiger partial charge in [0.25, 0.3) is 0 Å². The van der Waals surface area contributed by atoms with Gasteiger partial charge in [0.05, 0.1) is 16.4 Å². The summed E-state index contributed by atoms with van der Waals surface area (Å²) in [5.41, 5.74) is 2.02. The van der Waals surface area contributed by atoms with Crippen molar-refractivity contribution in [2.75, 3.05) is 19.6 Å².